The van der Waals surface area contributed by atoms with Crippen molar-refractivity contribution < 1.29 is 9.59 Å². The van der Waals surface area contributed by atoms with Crippen molar-refractivity contribution in [3.8, 4) is 0 Å². The Bertz CT molecular complexity index is 194. The highest BCUT2D eigenvalue weighted by atomic mass is 16.2. The van der Waals surface area contributed by atoms with Crippen LogP contribution in [0.25, 0.3) is 0 Å². The van der Waals surface area contributed by atoms with Gasteiger partial charge in [-0.3, -0.25) is 14.9 Å². The third-order valence-electron chi connectivity index (χ3n) is 1.78. The maximum atomic E-state index is 11.1. The van der Waals surface area contributed by atoms with Crippen LogP contribution in [0.5, 0.6) is 0 Å². The number of carbonyl (C=O) groups excluding carboxylic acids is 2. The third kappa shape index (κ3) is 5.53. The molecule has 0 saturated heterocycles. The highest BCUT2D eigenvalue weighted by Gasteiger charge is 2.10. The second kappa shape index (κ2) is 7.32. The molecule has 0 aromatic carbocycles. The minimum absolute atomic E-state index is 0.0809. The molecule has 1 unspecified atom stereocenters. The zero-order valence-electron chi connectivity index (χ0n) is 9.02. The van der Waals surface area contributed by atoms with E-state index in [0.29, 0.717) is 6.54 Å². The van der Waals surface area contributed by atoms with Crippen LogP contribution in [0.4, 0.5) is 0 Å². The Morgan fingerprint density at radius 3 is 2.50 bits per heavy atom. The van der Waals surface area contributed by atoms with Crippen molar-refractivity contribution in [1.29, 1.82) is 0 Å². The molecule has 0 fully saturated rings. The van der Waals surface area contributed by atoms with E-state index >= 15 is 0 Å². The van der Waals surface area contributed by atoms with Gasteiger partial charge in [0, 0.05) is 13.6 Å². The van der Waals surface area contributed by atoms with Crippen molar-refractivity contribution in [1.82, 2.24) is 16.0 Å². The van der Waals surface area contributed by atoms with E-state index in [4.69, 9.17) is 0 Å². The van der Waals surface area contributed by atoms with Crippen molar-refractivity contribution in [3.63, 3.8) is 0 Å². The predicted molar refractivity (Wildman–Crippen MR) is 54.8 cm³/mol. The van der Waals surface area contributed by atoms with Crippen molar-refractivity contribution in [2.75, 3.05) is 20.1 Å². The molecular weight excluding hydrogens is 182 g/mol. The number of likely N-dealkylation sites (N-methyl/N-ethyl adjacent to an activating group) is 1. The van der Waals surface area contributed by atoms with Crippen molar-refractivity contribution >= 4 is 11.8 Å². The molecule has 5 heteroatoms. The van der Waals surface area contributed by atoms with Gasteiger partial charge in [0.05, 0.1) is 12.6 Å². The zero-order valence-corrected chi connectivity index (χ0v) is 9.02. The van der Waals surface area contributed by atoms with Gasteiger partial charge < -0.3 is 10.6 Å². The number of hydrogen-bond donors (Lipinski definition) is 3. The molecule has 0 rings (SSSR count). The first-order valence-corrected chi connectivity index (χ1v) is 4.83. The van der Waals surface area contributed by atoms with Crippen LogP contribution in [0.2, 0.25) is 0 Å². The Morgan fingerprint density at radius 2 is 2.00 bits per heavy atom. The Kier molecular flexibility index (Phi) is 6.74. The summed E-state index contributed by atoms with van der Waals surface area (Å²) in [5, 5.41) is 8.03. The van der Waals surface area contributed by atoms with Crippen LogP contribution < -0.4 is 16.0 Å². The van der Waals surface area contributed by atoms with Crippen LogP contribution >= 0.6 is 0 Å². The van der Waals surface area contributed by atoms with E-state index < -0.39 is 0 Å². The van der Waals surface area contributed by atoms with E-state index in [9.17, 15) is 9.59 Å². The molecule has 0 aliphatic rings. The molecule has 0 aromatic heterocycles. The average Bonchev–Trinajstić information content (AvgIpc) is 2.21. The normalized spacial score (nSPS) is 11.9. The molecule has 14 heavy (non-hydrogen) atoms. The van der Waals surface area contributed by atoms with Crippen LogP contribution in [-0.4, -0.2) is 38.0 Å². The number of rotatable bonds is 6. The van der Waals surface area contributed by atoms with E-state index in [1.807, 2.05) is 6.92 Å². The summed E-state index contributed by atoms with van der Waals surface area (Å²) in [7, 11) is 1.57. The van der Waals surface area contributed by atoms with Gasteiger partial charge in [-0.2, -0.15) is 0 Å². The zero-order chi connectivity index (χ0) is 11.0. The van der Waals surface area contributed by atoms with Crippen LogP contribution in [0.15, 0.2) is 0 Å². The fraction of sp³-hybridized carbons (Fsp3) is 0.778. The number of hydrogen-bond acceptors (Lipinski definition) is 3. The van der Waals surface area contributed by atoms with E-state index in [-0.39, 0.29) is 24.4 Å². The van der Waals surface area contributed by atoms with Gasteiger partial charge in [-0.05, 0) is 13.3 Å². The molecule has 1 atom stereocenters. The van der Waals surface area contributed by atoms with Gasteiger partial charge in [0.2, 0.25) is 11.8 Å². The number of amides is 2. The summed E-state index contributed by atoms with van der Waals surface area (Å²) < 4.78 is 0. The highest BCUT2D eigenvalue weighted by molar-refractivity contribution is 5.83. The molecule has 3 N–H and O–H groups in total. The predicted octanol–water partition coefficient (Wildman–Crippen LogP) is -0.763. The van der Waals surface area contributed by atoms with Gasteiger partial charge in [0.25, 0.3) is 0 Å². The maximum absolute atomic E-state index is 11.1. The maximum Gasteiger partial charge on any atom is 0.236 e. The molecule has 0 aliphatic carbocycles. The first-order chi connectivity index (χ1) is 6.61. The van der Waals surface area contributed by atoms with Gasteiger partial charge in [-0.15, -0.1) is 0 Å². The molecule has 82 valence electrons. The van der Waals surface area contributed by atoms with E-state index in [0.717, 1.165) is 6.42 Å². The Morgan fingerprint density at radius 1 is 1.36 bits per heavy atom. The molecule has 0 heterocycles. The van der Waals surface area contributed by atoms with E-state index in [1.165, 1.54) is 0 Å². The number of carbonyl (C=O) groups is 2. The van der Waals surface area contributed by atoms with Crippen molar-refractivity contribution in [3.05, 3.63) is 0 Å². The third-order valence-corrected chi connectivity index (χ3v) is 1.78. The Balaban J connectivity index is 3.60. The van der Waals surface area contributed by atoms with Crippen LogP contribution in [0.3, 0.4) is 0 Å². The standard InChI is InChI=1S/C9H19N3O2/c1-4-5-11-8(13)6-12-7(2)9(14)10-3/h7,12H,4-6H2,1-3H3,(H,10,14)(H,11,13). The quantitative estimate of drug-likeness (QED) is 0.529. The lowest BCUT2D eigenvalue weighted by Crippen LogP contribution is -2.45. The summed E-state index contributed by atoms with van der Waals surface area (Å²) in [5.41, 5.74) is 0. The van der Waals surface area contributed by atoms with Crippen molar-refractivity contribution in [2.24, 2.45) is 0 Å². The highest BCUT2D eigenvalue weighted by Crippen LogP contribution is 1.80. The van der Waals surface area contributed by atoms with Gasteiger partial charge in [0.15, 0.2) is 0 Å². The summed E-state index contributed by atoms with van der Waals surface area (Å²) in [6, 6.07) is -0.340. The van der Waals surface area contributed by atoms with Gasteiger partial charge in [-0.1, -0.05) is 6.92 Å². The molecule has 5 nitrogen and oxygen atoms in total. The van der Waals surface area contributed by atoms with Gasteiger partial charge in [0.1, 0.15) is 0 Å². The fourth-order valence-electron chi connectivity index (χ4n) is 0.882. The number of nitrogens with one attached hydrogen (secondary N) is 3. The molecular formula is C9H19N3O2. The van der Waals surface area contributed by atoms with E-state index in [1.54, 1.807) is 14.0 Å². The Labute approximate surface area is 84.6 Å². The first kappa shape index (κ1) is 12.9. The van der Waals surface area contributed by atoms with E-state index in [2.05, 4.69) is 16.0 Å². The largest absolute Gasteiger partial charge is 0.358 e. The summed E-state index contributed by atoms with van der Waals surface area (Å²) in [5.74, 6) is -0.198. The first-order valence-electron chi connectivity index (χ1n) is 4.83. The summed E-state index contributed by atoms with van der Waals surface area (Å²) in [6.07, 6.45) is 0.913. The molecule has 0 radical (unpaired) electrons. The molecule has 2 amide bonds. The van der Waals surface area contributed by atoms with Crippen LogP contribution in [0, 0.1) is 0 Å². The molecule has 0 saturated carbocycles. The molecule has 0 bridgehead atoms. The second-order valence-corrected chi connectivity index (χ2v) is 3.07. The van der Waals surface area contributed by atoms with Crippen molar-refractivity contribution in [2.45, 2.75) is 26.3 Å². The lowest BCUT2D eigenvalue weighted by Gasteiger charge is -2.11. The smallest absolute Gasteiger partial charge is 0.236 e. The average molecular weight is 201 g/mol. The summed E-state index contributed by atoms with van der Waals surface area (Å²) in [4.78, 5) is 22.1. The molecule has 0 aromatic rings. The summed E-state index contributed by atoms with van der Waals surface area (Å²) in [6.45, 7) is 4.55. The molecule has 0 aliphatic heterocycles. The topological polar surface area (TPSA) is 70.2 Å². The molecule has 0 spiro atoms. The van der Waals surface area contributed by atoms with Gasteiger partial charge in [-0.25, -0.2) is 0 Å². The minimum Gasteiger partial charge on any atom is -0.358 e. The summed E-state index contributed by atoms with van der Waals surface area (Å²) >= 11 is 0. The monoisotopic (exact) mass is 201 g/mol. The van der Waals surface area contributed by atoms with Crippen LogP contribution in [-0.2, 0) is 9.59 Å². The Hall–Kier alpha value is -1.10. The lowest BCUT2D eigenvalue weighted by molar-refractivity contribution is -0.123. The van der Waals surface area contributed by atoms with Crippen LogP contribution in [0.1, 0.15) is 20.3 Å². The SMILES string of the molecule is CCCNC(=O)CNC(C)C(=O)NC. The fourth-order valence-corrected chi connectivity index (χ4v) is 0.882. The van der Waals surface area contributed by atoms with Gasteiger partial charge >= 0.3 is 0 Å². The second-order valence-electron chi connectivity index (χ2n) is 3.07. The minimum atomic E-state index is -0.340. The lowest BCUT2D eigenvalue weighted by atomic mass is 10.3.